The standard InChI is InChI=1S/C15H17ClN2O2/c16-11-5-4-10(8-12(11)17)18-13(19)9-15(14(18)20)6-2-1-3-7-15/h4-5,8H,1-3,6-7,9,17H2. The zero-order valence-electron chi connectivity index (χ0n) is 11.2. The van der Waals surface area contributed by atoms with Crippen LogP contribution in [0, 0.1) is 5.41 Å². The summed E-state index contributed by atoms with van der Waals surface area (Å²) in [5, 5.41) is 0.431. The summed E-state index contributed by atoms with van der Waals surface area (Å²) >= 11 is 5.89. The Balaban J connectivity index is 1.95. The summed E-state index contributed by atoms with van der Waals surface area (Å²) in [6.07, 6.45) is 5.16. The summed E-state index contributed by atoms with van der Waals surface area (Å²) in [5.41, 5.74) is 6.21. The number of carbonyl (C=O) groups is 2. The van der Waals surface area contributed by atoms with E-state index in [0.29, 0.717) is 22.8 Å². The van der Waals surface area contributed by atoms with Crippen LogP contribution >= 0.6 is 11.6 Å². The number of hydrogen-bond acceptors (Lipinski definition) is 3. The van der Waals surface area contributed by atoms with Gasteiger partial charge in [0.05, 0.1) is 21.8 Å². The molecule has 1 aromatic rings. The lowest BCUT2D eigenvalue weighted by Crippen LogP contribution is -2.37. The van der Waals surface area contributed by atoms with Crippen molar-refractivity contribution in [2.75, 3.05) is 10.6 Å². The van der Waals surface area contributed by atoms with Gasteiger partial charge in [0, 0.05) is 6.42 Å². The Morgan fingerprint density at radius 3 is 2.50 bits per heavy atom. The molecule has 4 nitrogen and oxygen atoms in total. The molecule has 5 heteroatoms. The van der Waals surface area contributed by atoms with Crippen molar-refractivity contribution < 1.29 is 9.59 Å². The maximum Gasteiger partial charge on any atom is 0.240 e. The first-order valence-electron chi connectivity index (χ1n) is 6.96. The SMILES string of the molecule is Nc1cc(N2C(=O)CC3(CCCCC3)C2=O)ccc1Cl. The summed E-state index contributed by atoms with van der Waals surface area (Å²) in [6, 6.07) is 4.90. The highest BCUT2D eigenvalue weighted by Gasteiger charge is 2.51. The zero-order valence-corrected chi connectivity index (χ0v) is 11.9. The molecule has 1 spiro atoms. The zero-order chi connectivity index (χ0) is 14.3. The van der Waals surface area contributed by atoms with Crippen molar-refractivity contribution in [3.8, 4) is 0 Å². The van der Waals surface area contributed by atoms with Crippen molar-refractivity contribution in [3.05, 3.63) is 23.2 Å². The molecule has 1 saturated carbocycles. The normalized spacial score (nSPS) is 21.8. The molecular weight excluding hydrogens is 276 g/mol. The summed E-state index contributed by atoms with van der Waals surface area (Å²) in [5.74, 6) is -0.192. The van der Waals surface area contributed by atoms with Gasteiger partial charge in [0.2, 0.25) is 11.8 Å². The minimum atomic E-state index is -0.469. The fourth-order valence-corrected chi connectivity index (χ4v) is 3.46. The molecule has 106 valence electrons. The molecule has 2 fully saturated rings. The number of hydrogen-bond donors (Lipinski definition) is 1. The van der Waals surface area contributed by atoms with Gasteiger partial charge in [0.25, 0.3) is 0 Å². The summed E-state index contributed by atoms with van der Waals surface area (Å²) < 4.78 is 0. The maximum absolute atomic E-state index is 12.7. The largest absolute Gasteiger partial charge is 0.397 e. The molecule has 1 heterocycles. The van der Waals surface area contributed by atoms with Crippen LogP contribution in [-0.4, -0.2) is 11.8 Å². The lowest BCUT2D eigenvalue weighted by Gasteiger charge is -2.30. The van der Waals surface area contributed by atoms with Crippen LogP contribution < -0.4 is 10.6 Å². The summed E-state index contributed by atoms with van der Waals surface area (Å²) in [4.78, 5) is 26.3. The van der Waals surface area contributed by atoms with E-state index in [0.717, 1.165) is 32.1 Å². The Hall–Kier alpha value is -1.55. The molecule has 2 aliphatic rings. The summed E-state index contributed by atoms with van der Waals surface area (Å²) in [6.45, 7) is 0. The van der Waals surface area contributed by atoms with Gasteiger partial charge >= 0.3 is 0 Å². The van der Waals surface area contributed by atoms with Crippen molar-refractivity contribution in [1.29, 1.82) is 0 Å². The van der Waals surface area contributed by atoms with E-state index < -0.39 is 5.41 Å². The monoisotopic (exact) mass is 292 g/mol. The van der Waals surface area contributed by atoms with Crippen LogP contribution in [-0.2, 0) is 9.59 Å². The molecular formula is C15H17ClN2O2. The van der Waals surface area contributed by atoms with Crippen LogP contribution in [0.3, 0.4) is 0 Å². The summed E-state index contributed by atoms with van der Waals surface area (Å²) in [7, 11) is 0. The molecule has 0 aromatic heterocycles. The fourth-order valence-electron chi connectivity index (χ4n) is 3.35. The third-order valence-corrected chi connectivity index (χ3v) is 4.79. The molecule has 3 rings (SSSR count). The van der Waals surface area contributed by atoms with Gasteiger partial charge in [-0.05, 0) is 31.0 Å². The van der Waals surface area contributed by atoms with E-state index in [1.807, 2.05) is 0 Å². The predicted octanol–water partition coefficient (Wildman–Crippen LogP) is 3.14. The fraction of sp³-hybridized carbons (Fsp3) is 0.467. The van der Waals surface area contributed by atoms with Crippen molar-refractivity contribution in [1.82, 2.24) is 0 Å². The smallest absolute Gasteiger partial charge is 0.240 e. The van der Waals surface area contributed by atoms with E-state index in [-0.39, 0.29) is 11.8 Å². The number of nitrogens with zero attached hydrogens (tertiary/aromatic N) is 1. The Kier molecular flexibility index (Phi) is 3.21. The first-order chi connectivity index (χ1) is 9.53. The second-order valence-electron chi connectivity index (χ2n) is 5.76. The first-order valence-corrected chi connectivity index (χ1v) is 7.34. The maximum atomic E-state index is 12.7. The number of amides is 2. The lowest BCUT2D eigenvalue weighted by molar-refractivity contribution is -0.127. The average Bonchev–Trinajstić information content (AvgIpc) is 2.66. The van der Waals surface area contributed by atoms with Crippen molar-refractivity contribution in [2.24, 2.45) is 5.41 Å². The van der Waals surface area contributed by atoms with Crippen LogP contribution in [0.1, 0.15) is 38.5 Å². The highest BCUT2D eigenvalue weighted by molar-refractivity contribution is 6.33. The Bertz CT molecular complexity index is 579. The quantitative estimate of drug-likeness (QED) is 0.639. The average molecular weight is 293 g/mol. The number of carbonyl (C=O) groups excluding carboxylic acids is 2. The number of nitrogen functional groups attached to an aromatic ring is 1. The number of nitrogens with two attached hydrogens (primary N) is 1. The Morgan fingerprint density at radius 2 is 1.85 bits per heavy atom. The van der Waals surface area contributed by atoms with Gasteiger partial charge < -0.3 is 5.73 Å². The number of anilines is 2. The molecule has 0 atom stereocenters. The van der Waals surface area contributed by atoms with Crippen molar-refractivity contribution >= 4 is 34.8 Å². The molecule has 1 aliphatic heterocycles. The molecule has 0 unspecified atom stereocenters. The van der Waals surface area contributed by atoms with Gasteiger partial charge in [-0.15, -0.1) is 0 Å². The van der Waals surface area contributed by atoms with Gasteiger partial charge in [-0.1, -0.05) is 30.9 Å². The van der Waals surface area contributed by atoms with E-state index in [4.69, 9.17) is 17.3 Å². The van der Waals surface area contributed by atoms with Gasteiger partial charge in [-0.2, -0.15) is 0 Å². The van der Waals surface area contributed by atoms with Gasteiger partial charge in [0.15, 0.2) is 0 Å². The molecule has 1 aromatic carbocycles. The number of imide groups is 1. The van der Waals surface area contributed by atoms with E-state index in [1.165, 1.54) is 4.90 Å². The molecule has 1 aliphatic carbocycles. The number of rotatable bonds is 1. The highest BCUT2D eigenvalue weighted by Crippen LogP contribution is 2.46. The molecule has 1 saturated heterocycles. The lowest BCUT2D eigenvalue weighted by atomic mass is 9.73. The molecule has 0 bridgehead atoms. The molecule has 0 radical (unpaired) electrons. The minimum Gasteiger partial charge on any atom is -0.397 e. The second-order valence-corrected chi connectivity index (χ2v) is 6.17. The predicted molar refractivity (Wildman–Crippen MR) is 78.5 cm³/mol. The number of benzene rings is 1. The van der Waals surface area contributed by atoms with E-state index in [2.05, 4.69) is 0 Å². The van der Waals surface area contributed by atoms with Crippen LogP contribution in [0.5, 0.6) is 0 Å². The molecule has 2 amide bonds. The van der Waals surface area contributed by atoms with Gasteiger partial charge in [0.1, 0.15) is 0 Å². The van der Waals surface area contributed by atoms with Crippen molar-refractivity contribution in [3.63, 3.8) is 0 Å². The van der Waals surface area contributed by atoms with Crippen molar-refractivity contribution in [2.45, 2.75) is 38.5 Å². The van der Waals surface area contributed by atoms with Crippen LogP contribution in [0.25, 0.3) is 0 Å². The first kappa shape index (κ1) is 13.4. The Labute approximate surface area is 122 Å². The highest BCUT2D eigenvalue weighted by atomic mass is 35.5. The van der Waals surface area contributed by atoms with Gasteiger partial charge in [-0.25, -0.2) is 4.90 Å². The Morgan fingerprint density at radius 1 is 1.15 bits per heavy atom. The van der Waals surface area contributed by atoms with Crippen LogP contribution in [0.4, 0.5) is 11.4 Å². The second kappa shape index (κ2) is 4.77. The van der Waals surface area contributed by atoms with Crippen LogP contribution in [0.2, 0.25) is 5.02 Å². The van der Waals surface area contributed by atoms with E-state index in [1.54, 1.807) is 18.2 Å². The third-order valence-electron chi connectivity index (χ3n) is 4.44. The molecule has 20 heavy (non-hydrogen) atoms. The van der Waals surface area contributed by atoms with Gasteiger partial charge in [-0.3, -0.25) is 9.59 Å². The van der Waals surface area contributed by atoms with Crippen LogP contribution in [0.15, 0.2) is 18.2 Å². The minimum absolute atomic E-state index is 0.0658. The third kappa shape index (κ3) is 1.99. The topological polar surface area (TPSA) is 63.4 Å². The number of halogens is 1. The van der Waals surface area contributed by atoms with E-state index in [9.17, 15) is 9.59 Å². The van der Waals surface area contributed by atoms with E-state index >= 15 is 0 Å². The molecule has 2 N–H and O–H groups in total.